The van der Waals surface area contributed by atoms with Crippen LogP contribution in [0.25, 0.3) is 11.4 Å². The Morgan fingerprint density at radius 1 is 1.19 bits per heavy atom. The Balaban J connectivity index is 1.75. The van der Waals surface area contributed by atoms with Gasteiger partial charge in [0, 0.05) is 17.8 Å². The van der Waals surface area contributed by atoms with Crippen LogP contribution in [0.2, 0.25) is 0 Å². The number of carbonyl (C=O) groups is 2. The highest BCUT2D eigenvalue weighted by Crippen LogP contribution is 2.44. The van der Waals surface area contributed by atoms with Crippen LogP contribution >= 0.6 is 11.3 Å². The van der Waals surface area contributed by atoms with Gasteiger partial charge in [-0.25, -0.2) is 9.97 Å². The summed E-state index contributed by atoms with van der Waals surface area (Å²) < 4.78 is 13.0. The van der Waals surface area contributed by atoms with E-state index in [4.69, 9.17) is 9.47 Å². The van der Waals surface area contributed by atoms with Crippen molar-refractivity contribution in [3.8, 4) is 11.5 Å². The summed E-state index contributed by atoms with van der Waals surface area (Å²) in [4.78, 5) is 36.9. The molecular formula is C26H24N4O5S. The number of imidazole rings is 1. The number of rotatable bonds is 6. The Labute approximate surface area is 211 Å². The molecule has 1 amide bonds. The standard InChI is InChI=1S/C26H24N4O5S/c1-5-35-17-9-8-16(13-18(17)34-4)21-19(23(32)25(33)30(21)26-27-10-12-36-26)22(31)20-15(3)29-11-6-7-14(2)24(29)28-20/h6-13,21,31H,5H2,1-4H3. The van der Waals surface area contributed by atoms with Gasteiger partial charge in [0.2, 0.25) is 0 Å². The van der Waals surface area contributed by atoms with Crippen molar-refractivity contribution in [1.82, 2.24) is 14.4 Å². The van der Waals surface area contributed by atoms with Gasteiger partial charge in [-0.3, -0.25) is 14.5 Å². The van der Waals surface area contributed by atoms with E-state index in [1.807, 2.05) is 36.6 Å². The second-order valence-electron chi connectivity index (χ2n) is 8.26. The van der Waals surface area contributed by atoms with Crippen molar-refractivity contribution in [1.29, 1.82) is 0 Å². The average molecular weight is 505 g/mol. The molecule has 1 atom stereocenters. The number of aromatic nitrogens is 3. The van der Waals surface area contributed by atoms with E-state index in [1.165, 1.54) is 23.3 Å². The summed E-state index contributed by atoms with van der Waals surface area (Å²) in [5.41, 5.74) is 2.95. The zero-order chi connectivity index (χ0) is 25.6. The molecule has 4 aromatic rings. The van der Waals surface area contributed by atoms with Crippen molar-refractivity contribution in [3.05, 3.63) is 76.2 Å². The molecule has 1 fully saturated rings. The summed E-state index contributed by atoms with van der Waals surface area (Å²) in [7, 11) is 1.52. The number of anilines is 1. The third-order valence-corrected chi connectivity index (χ3v) is 6.95. The van der Waals surface area contributed by atoms with Crippen molar-refractivity contribution < 1.29 is 24.2 Å². The van der Waals surface area contributed by atoms with Crippen LogP contribution in [0.1, 0.15) is 35.5 Å². The number of thiazole rings is 1. The predicted molar refractivity (Wildman–Crippen MR) is 136 cm³/mol. The molecule has 0 radical (unpaired) electrons. The third-order valence-electron chi connectivity index (χ3n) is 6.18. The van der Waals surface area contributed by atoms with Crippen LogP contribution < -0.4 is 14.4 Å². The summed E-state index contributed by atoms with van der Waals surface area (Å²) >= 11 is 1.23. The first-order valence-corrected chi connectivity index (χ1v) is 12.2. The molecule has 184 valence electrons. The van der Waals surface area contributed by atoms with Gasteiger partial charge in [0.25, 0.3) is 5.78 Å². The number of aliphatic hydroxyl groups is 1. The predicted octanol–water partition coefficient (Wildman–Crippen LogP) is 4.44. The maximum absolute atomic E-state index is 13.4. The molecule has 5 rings (SSSR count). The van der Waals surface area contributed by atoms with Gasteiger partial charge >= 0.3 is 5.91 Å². The first-order chi connectivity index (χ1) is 17.4. The monoisotopic (exact) mass is 504 g/mol. The molecule has 0 bridgehead atoms. The van der Waals surface area contributed by atoms with E-state index >= 15 is 0 Å². The van der Waals surface area contributed by atoms with Gasteiger partial charge in [0.15, 0.2) is 22.4 Å². The summed E-state index contributed by atoms with van der Waals surface area (Å²) in [6.07, 6.45) is 3.40. The van der Waals surface area contributed by atoms with Gasteiger partial charge in [-0.2, -0.15) is 0 Å². The third kappa shape index (κ3) is 3.61. The smallest absolute Gasteiger partial charge is 0.301 e. The van der Waals surface area contributed by atoms with E-state index in [2.05, 4.69) is 9.97 Å². The molecule has 10 heteroatoms. The van der Waals surface area contributed by atoms with Crippen molar-refractivity contribution in [2.75, 3.05) is 18.6 Å². The number of pyridine rings is 1. The van der Waals surface area contributed by atoms with Crippen LogP contribution in [-0.2, 0) is 9.59 Å². The Bertz CT molecular complexity index is 1520. The number of hydrogen-bond acceptors (Lipinski definition) is 8. The zero-order valence-corrected chi connectivity index (χ0v) is 21.0. The molecule has 0 saturated carbocycles. The minimum absolute atomic E-state index is 0.0643. The molecular weight excluding hydrogens is 480 g/mol. The Morgan fingerprint density at radius 3 is 2.67 bits per heavy atom. The van der Waals surface area contributed by atoms with Gasteiger partial charge in [-0.1, -0.05) is 12.1 Å². The number of Topliss-reactive ketones (excluding diaryl/α,β-unsaturated/α-hetero) is 1. The maximum atomic E-state index is 13.4. The van der Waals surface area contributed by atoms with Gasteiger partial charge < -0.3 is 19.0 Å². The lowest BCUT2D eigenvalue weighted by Crippen LogP contribution is -2.29. The molecule has 3 aromatic heterocycles. The molecule has 1 aliphatic heterocycles. The number of benzene rings is 1. The van der Waals surface area contributed by atoms with Crippen LogP contribution in [0.5, 0.6) is 11.5 Å². The van der Waals surface area contributed by atoms with Crippen molar-refractivity contribution in [2.45, 2.75) is 26.8 Å². The van der Waals surface area contributed by atoms with Crippen molar-refractivity contribution in [2.24, 2.45) is 0 Å². The van der Waals surface area contributed by atoms with E-state index in [9.17, 15) is 14.7 Å². The number of ketones is 1. The number of carbonyl (C=O) groups excluding carboxylic acids is 2. The zero-order valence-electron chi connectivity index (χ0n) is 20.2. The molecule has 36 heavy (non-hydrogen) atoms. The Kier molecular flexibility index (Phi) is 5.97. The highest BCUT2D eigenvalue weighted by Gasteiger charge is 2.48. The van der Waals surface area contributed by atoms with E-state index < -0.39 is 17.7 Å². The normalized spacial score (nSPS) is 17.2. The highest BCUT2D eigenvalue weighted by atomic mass is 32.1. The summed E-state index contributed by atoms with van der Waals surface area (Å²) in [5, 5.41) is 13.6. The number of amides is 1. The fraction of sp³-hybridized carbons (Fsp3) is 0.231. The lowest BCUT2D eigenvalue weighted by atomic mass is 9.96. The fourth-order valence-electron chi connectivity index (χ4n) is 4.48. The second kappa shape index (κ2) is 9.12. The topological polar surface area (TPSA) is 106 Å². The second-order valence-corrected chi connectivity index (χ2v) is 9.13. The fourth-order valence-corrected chi connectivity index (χ4v) is 5.15. The number of ether oxygens (including phenoxy) is 2. The first-order valence-electron chi connectivity index (χ1n) is 11.3. The summed E-state index contributed by atoms with van der Waals surface area (Å²) in [6.45, 7) is 6.03. The molecule has 1 aliphatic rings. The molecule has 0 aliphatic carbocycles. The number of aryl methyl sites for hydroxylation is 2. The molecule has 1 unspecified atom stereocenters. The number of hydrogen-bond donors (Lipinski definition) is 1. The SMILES string of the molecule is CCOc1ccc(C2C(=C(O)c3nc4c(C)cccn4c3C)C(=O)C(=O)N2c2nccs2)cc1OC. The molecule has 9 nitrogen and oxygen atoms in total. The summed E-state index contributed by atoms with van der Waals surface area (Å²) in [5.74, 6) is -0.957. The van der Waals surface area contributed by atoms with Crippen LogP contribution in [0, 0.1) is 13.8 Å². The minimum Gasteiger partial charge on any atom is -0.505 e. The molecule has 4 heterocycles. The number of aliphatic hydroxyl groups excluding tert-OH is 1. The largest absolute Gasteiger partial charge is 0.505 e. The van der Waals surface area contributed by atoms with E-state index in [-0.39, 0.29) is 17.0 Å². The van der Waals surface area contributed by atoms with E-state index in [0.717, 1.165) is 5.56 Å². The number of nitrogens with zero attached hydrogens (tertiary/aromatic N) is 4. The quantitative estimate of drug-likeness (QED) is 0.235. The molecule has 1 saturated heterocycles. The molecule has 0 spiro atoms. The Hall–Kier alpha value is -4.18. The van der Waals surface area contributed by atoms with E-state index in [0.29, 0.717) is 40.1 Å². The lowest BCUT2D eigenvalue weighted by molar-refractivity contribution is -0.132. The minimum atomic E-state index is -0.939. The van der Waals surface area contributed by atoms with E-state index in [1.54, 1.807) is 36.7 Å². The molecule has 1 N–H and O–H groups in total. The van der Waals surface area contributed by atoms with Crippen molar-refractivity contribution in [3.63, 3.8) is 0 Å². The van der Waals surface area contributed by atoms with Crippen LogP contribution in [0.3, 0.4) is 0 Å². The van der Waals surface area contributed by atoms with Gasteiger partial charge in [-0.05, 0) is 50.1 Å². The lowest BCUT2D eigenvalue weighted by Gasteiger charge is -2.23. The highest BCUT2D eigenvalue weighted by molar-refractivity contribution is 7.14. The van der Waals surface area contributed by atoms with Crippen LogP contribution in [0.15, 0.2) is 53.7 Å². The van der Waals surface area contributed by atoms with Crippen LogP contribution in [-0.4, -0.2) is 44.9 Å². The Morgan fingerprint density at radius 2 is 2.00 bits per heavy atom. The first kappa shape index (κ1) is 23.6. The average Bonchev–Trinajstić information content (AvgIpc) is 3.58. The number of methoxy groups -OCH3 is 1. The van der Waals surface area contributed by atoms with Crippen LogP contribution in [0.4, 0.5) is 5.13 Å². The van der Waals surface area contributed by atoms with Gasteiger partial charge in [-0.15, -0.1) is 11.3 Å². The van der Waals surface area contributed by atoms with Gasteiger partial charge in [0.1, 0.15) is 11.3 Å². The van der Waals surface area contributed by atoms with Crippen molar-refractivity contribution >= 4 is 39.6 Å². The van der Waals surface area contributed by atoms with Gasteiger partial charge in [0.05, 0.1) is 31.0 Å². The maximum Gasteiger partial charge on any atom is 0.301 e. The molecule has 1 aromatic carbocycles. The number of fused-ring (bicyclic) bond motifs is 1. The summed E-state index contributed by atoms with van der Waals surface area (Å²) in [6, 6.07) is 8.03.